The highest BCUT2D eigenvalue weighted by Gasteiger charge is 2.13. The molecule has 2 rings (SSSR count). The van der Waals surface area contributed by atoms with Crippen LogP contribution in [-0.4, -0.2) is 9.91 Å². The summed E-state index contributed by atoms with van der Waals surface area (Å²) in [5.41, 5.74) is 2.96. The second-order valence-electron chi connectivity index (χ2n) is 4.60. The average molecular weight is 350 g/mol. The van der Waals surface area contributed by atoms with Crippen LogP contribution in [0.1, 0.15) is 23.7 Å². The molecule has 110 valence electrons. The number of rotatable bonds is 6. The van der Waals surface area contributed by atoms with Crippen LogP contribution in [-0.2, 0) is 19.5 Å². The molecule has 0 aliphatic heterocycles. The summed E-state index contributed by atoms with van der Waals surface area (Å²) in [5, 5.41) is 14.2. The van der Waals surface area contributed by atoms with E-state index in [1.54, 1.807) is 18.3 Å². The zero-order valence-corrected chi connectivity index (χ0v) is 13.3. The smallest absolute Gasteiger partial charge is 0.273 e. The van der Waals surface area contributed by atoms with Crippen molar-refractivity contribution in [3.8, 4) is 0 Å². The van der Waals surface area contributed by atoms with Crippen molar-refractivity contribution in [3.05, 3.63) is 67.9 Å². The molecule has 0 bridgehead atoms. The predicted molar refractivity (Wildman–Crippen MR) is 85.0 cm³/mol. The van der Waals surface area contributed by atoms with Crippen molar-refractivity contribution in [2.24, 2.45) is 0 Å². The fourth-order valence-corrected chi connectivity index (χ4v) is 2.55. The molecule has 6 heteroatoms. The van der Waals surface area contributed by atoms with E-state index in [1.807, 2.05) is 12.1 Å². The van der Waals surface area contributed by atoms with Gasteiger partial charge in [0.05, 0.1) is 10.6 Å². The zero-order chi connectivity index (χ0) is 15.2. The second-order valence-corrected chi connectivity index (χ2v) is 5.51. The largest absolute Gasteiger partial charge is 0.307 e. The SMILES string of the molecule is CCc1cccnc1CNCc1cc(Br)ccc1[N+](=O)[O-]. The average Bonchev–Trinajstić information content (AvgIpc) is 2.47. The van der Waals surface area contributed by atoms with Gasteiger partial charge in [0.1, 0.15) is 0 Å². The quantitative estimate of drug-likeness (QED) is 0.638. The summed E-state index contributed by atoms with van der Waals surface area (Å²) in [6.45, 7) is 3.10. The van der Waals surface area contributed by atoms with Gasteiger partial charge in [0, 0.05) is 35.4 Å². The number of pyridine rings is 1. The van der Waals surface area contributed by atoms with Crippen LogP contribution in [0.3, 0.4) is 0 Å². The molecule has 0 saturated carbocycles. The molecule has 1 aromatic carbocycles. The van der Waals surface area contributed by atoms with E-state index in [-0.39, 0.29) is 10.6 Å². The highest BCUT2D eigenvalue weighted by atomic mass is 79.9. The molecular formula is C15H16BrN3O2. The lowest BCUT2D eigenvalue weighted by Crippen LogP contribution is -2.16. The van der Waals surface area contributed by atoms with E-state index in [4.69, 9.17) is 0 Å². The highest BCUT2D eigenvalue weighted by Crippen LogP contribution is 2.23. The molecule has 21 heavy (non-hydrogen) atoms. The molecule has 1 aromatic heterocycles. The first-order valence-corrected chi connectivity index (χ1v) is 7.47. The number of aromatic nitrogens is 1. The number of hydrogen-bond acceptors (Lipinski definition) is 4. The third-order valence-electron chi connectivity index (χ3n) is 3.21. The van der Waals surface area contributed by atoms with E-state index in [2.05, 4.69) is 33.2 Å². The van der Waals surface area contributed by atoms with E-state index in [0.717, 1.165) is 16.6 Å². The van der Waals surface area contributed by atoms with Crippen LogP contribution < -0.4 is 5.32 Å². The maximum absolute atomic E-state index is 11.0. The fourth-order valence-electron chi connectivity index (χ4n) is 2.14. The topological polar surface area (TPSA) is 68.1 Å². The Morgan fingerprint density at radius 3 is 2.81 bits per heavy atom. The van der Waals surface area contributed by atoms with Crippen molar-refractivity contribution in [1.29, 1.82) is 0 Å². The summed E-state index contributed by atoms with van der Waals surface area (Å²) < 4.78 is 0.831. The van der Waals surface area contributed by atoms with Crippen LogP contribution in [0, 0.1) is 10.1 Å². The van der Waals surface area contributed by atoms with E-state index in [9.17, 15) is 10.1 Å². The molecule has 0 unspecified atom stereocenters. The molecule has 0 saturated heterocycles. The molecule has 0 fully saturated rings. The molecule has 0 aliphatic rings. The van der Waals surface area contributed by atoms with E-state index < -0.39 is 0 Å². The van der Waals surface area contributed by atoms with Crippen molar-refractivity contribution >= 4 is 21.6 Å². The summed E-state index contributed by atoms with van der Waals surface area (Å²) in [4.78, 5) is 15.0. The number of aryl methyl sites for hydroxylation is 1. The molecule has 0 amide bonds. The normalized spacial score (nSPS) is 10.6. The van der Waals surface area contributed by atoms with Crippen molar-refractivity contribution in [2.75, 3.05) is 0 Å². The van der Waals surface area contributed by atoms with Crippen molar-refractivity contribution in [3.63, 3.8) is 0 Å². The molecule has 0 aliphatic carbocycles. The monoisotopic (exact) mass is 349 g/mol. The number of nitro benzene ring substituents is 1. The highest BCUT2D eigenvalue weighted by molar-refractivity contribution is 9.10. The number of hydrogen-bond donors (Lipinski definition) is 1. The first-order chi connectivity index (χ1) is 10.1. The number of nitro groups is 1. The van der Waals surface area contributed by atoms with Gasteiger partial charge >= 0.3 is 0 Å². The van der Waals surface area contributed by atoms with Gasteiger partial charge in [-0.05, 0) is 30.2 Å². The first kappa shape index (κ1) is 15.6. The van der Waals surface area contributed by atoms with Gasteiger partial charge in [0.2, 0.25) is 0 Å². The van der Waals surface area contributed by atoms with Crippen LogP contribution in [0.25, 0.3) is 0 Å². The maximum Gasteiger partial charge on any atom is 0.273 e. The van der Waals surface area contributed by atoms with Gasteiger partial charge in [-0.2, -0.15) is 0 Å². The van der Waals surface area contributed by atoms with E-state index >= 15 is 0 Å². The predicted octanol–water partition coefficient (Wildman–Crippen LogP) is 3.60. The second kappa shape index (κ2) is 7.28. The third kappa shape index (κ3) is 4.09. The third-order valence-corrected chi connectivity index (χ3v) is 3.70. The van der Waals surface area contributed by atoms with Gasteiger partial charge < -0.3 is 5.32 Å². The lowest BCUT2D eigenvalue weighted by Gasteiger charge is -2.09. The molecule has 0 radical (unpaired) electrons. The minimum absolute atomic E-state index is 0.127. The number of nitrogens with one attached hydrogen (secondary N) is 1. The van der Waals surface area contributed by atoms with Gasteiger partial charge in [0.15, 0.2) is 0 Å². The molecule has 2 aromatic rings. The Kier molecular flexibility index (Phi) is 5.41. The molecule has 1 heterocycles. The van der Waals surface area contributed by atoms with Gasteiger partial charge in [-0.15, -0.1) is 0 Å². The van der Waals surface area contributed by atoms with Gasteiger partial charge in [-0.25, -0.2) is 0 Å². The van der Waals surface area contributed by atoms with Crippen molar-refractivity contribution < 1.29 is 4.92 Å². The van der Waals surface area contributed by atoms with Crippen LogP contribution in [0.2, 0.25) is 0 Å². The molecule has 0 spiro atoms. The number of halogens is 1. The maximum atomic E-state index is 11.0. The Morgan fingerprint density at radius 2 is 2.10 bits per heavy atom. The van der Waals surface area contributed by atoms with E-state index in [0.29, 0.717) is 18.7 Å². The van der Waals surface area contributed by atoms with Gasteiger partial charge in [-0.1, -0.05) is 28.9 Å². The van der Waals surface area contributed by atoms with Crippen molar-refractivity contribution in [2.45, 2.75) is 26.4 Å². The van der Waals surface area contributed by atoms with Crippen LogP contribution in [0.4, 0.5) is 5.69 Å². The van der Waals surface area contributed by atoms with Crippen LogP contribution >= 0.6 is 15.9 Å². The lowest BCUT2D eigenvalue weighted by atomic mass is 10.1. The molecule has 1 N–H and O–H groups in total. The minimum atomic E-state index is -0.359. The Balaban J connectivity index is 2.07. The Bertz CT molecular complexity index is 647. The van der Waals surface area contributed by atoms with E-state index in [1.165, 1.54) is 11.6 Å². The van der Waals surface area contributed by atoms with Crippen LogP contribution in [0.5, 0.6) is 0 Å². The zero-order valence-electron chi connectivity index (χ0n) is 11.7. The summed E-state index contributed by atoms with van der Waals surface area (Å²) in [7, 11) is 0. The number of nitrogens with zero attached hydrogens (tertiary/aromatic N) is 2. The Morgan fingerprint density at radius 1 is 1.29 bits per heavy atom. The summed E-state index contributed by atoms with van der Waals surface area (Å²) in [6, 6.07) is 8.92. The first-order valence-electron chi connectivity index (χ1n) is 6.68. The summed E-state index contributed by atoms with van der Waals surface area (Å²) in [6.07, 6.45) is 2.68. The van der Waals surface area contributed by atoms with Gasteiger partial charge in [0.25, 0.3) is 5.69 Å². The van der Waals surface area contributed by atoms with Crippen LogP contribution in [0.15, 0.2) is 41.0 Å². The lowest BCUT2D eigenvalue weighted by molar-refractivity contribution is -0.385. The fraction of sp³-hybridized carbons (Fsp3) is 0.267. The Labute approximate surface area is 131 Å². The molecule has 5 nitrogen and oxygen atoms in total. The summed E-state index contributed by atoms with van der Waals surface area (Å²) >= 11 is 3.34. The molecule has 0 atom stereocenters. The van der Waals surface area contributed by atoms with Gasteiger partial charge in [-0.3, -0.25) is 15.1 Å². The number of benzene rings is 1. The standard InChI is InChI=1S/C15H16BrN3O2/c1-2-11-4-3-7-18-14(11)10-17-9-12-8-13(16)5-6-15(12)19(20)21/h3-8,17H,2,9-10H2,1H3. The van der Waals surface area contributed by atoms with Crippen molar-refractivity contribution in [1.82, 2.24) is 10.3 Å². The molecular weight excluding hydrogens is 334 g/mol. The minimum Gasteiger partial charge on any atom is -0.307 e. The summed E-state index contributed by atoms with van der Waals surface area (Å²) in [5.74, 6) is 0. The Hall–Kier alpha value is -1.79.